The van der Waals surface area contributed by atoms with Crippen LogP contribution in [0.25, 0.3) is 5.69 Å². The van der Waals surface area contributed by atoms with Crippen LogP contribution in [0.4, 0.5) is 0 Å². The summed E-state index contributed by atoms with van der Waals surface area (Å²) in [5.74, 6) is 0.204. The van der Waals surface area contributed by atoms with Crippen molar-refractivity contribution in [1.29, 1.82) is 0 Å². The van der Waals surface area contributed by atoms with Crippen molar-refractivity contribution >= 4 is 0 Å². The Balaban J connectivity index is 1.95. The molecule has 0 radical (unpaired) electrons. The summed E-state index contributed by atoms with van der Waals surface area (Å²) in [5, 5.41) is 10.8. The molecule has 2 aromatic carbocycles. The highest BCUT2D eigenvalue weighted by Crippen LogP contribution is 2.32. The maximum atomic E-state index is 13.3. The summed E-state index contributed by atoms with van der Waals surface area (Å²) in [6, 6.07) is 19.6. The zero-order valence-electron chi connectivity index (χ0n) is 14.1. The number of hydrogen-bond donors (Lipinski definition) is 1. The molecule has 25 heavy (non-hydrogen) atoms. The van der Waals surface area contributed by atoms with Gasteiger partial charge in [0.05, 0.1) is 5.56 Å². The normalized spacial score (nSPS) is 13.4. The molecule has 0 spiro atoms. The van der Waals surface area contributed by atoms with Gasteiger partial charge in [-0.15, -0.1) is 0 Å². The average molecular weight is 331 g/mol. The van der Waals surface area contributed by atoms with Gasteiger partial charge in [-0.2, -0.15) is 0 Å². The van der Waals surface area contributed by atoms with Gasteiger partial charge in [0.15, 0.2) is 0 Å². The molecule has 4 rings (SSSR count). The predicted octanol–water partition coefficient (Wildman–Crippen LogP) is 4.01. The molecule has 1 aliphatic rings. The summed E-state index contributed by atoms with van der Waals surface area (Å²) in [5.41, 5.74) is 4.21. The largest absolute Gasteiger partial charge is 0.507 e. The second-order valence-corrected chi connectivity index (χ2v) is 6.60. The lowest BCUT2D eigenvalue weighted by atomic mass is 9.91. The molecule has 0 amide bonds. The molecule has 3 aromatic rings. The van der Waals surface area contributed by atoms with Crippen LogP contribution in [-0.4, -0.2) is 9.67 Å². The highest BCUT2D eigenvalue weighted by atomic mass is 16.3. The van der Waals surface area contributed by atoms with Crippen molar-refractivity contribution in [2.75, 3.05) is 0 Å². The van der Waals surface area contributed by atoms with Gasteiger partial charge in [-0.1, -0.05) is 48.5 Å². The third-order valence-electron chi connectivity index (χ3n) is 4.98. The van der Waals surface area contributed by atoms with E-state index < -0.39 is 0 Å². The molecule has 1 aliphatic carbocycles. The zero-order chi connectivity index (χ0) is 17.2. The van der Waals surface area contributed by atoms with Gasteiger partial charge in [0.2, 0.25) is 0 Å². The topological polar surface area (TPSA) is 42.2 Å². The van der Waals surface area contributed by atoms with Crippen LogP contribution in [0.1, 0.15) is 35.2 Å². The van der Waals surface area contributed by atoms with Crippen molar-refractivity contribution < 1.29 is 5.11 Å². The molecule has 0 unspecified atom stereocenters. The first-order valence-electron chi connectivity index (χ1n) is 8.83. The first-order valence-corrected chi connectivity index (χ1v) is 8.83. The van der Waals surface area contributed by atoms with E-state index in [1.807, 2.05) is 65.2 Å². The fourth-order valence-electron chi connectivity index (χ4n) is 3.74. The Morgan fingerprint density at radius 1 is 0.880 bits per heavy atom. The Bertz CT molecular complexity index is 943. The lowest BCUT2D eigenvalue weighted by molar-refractivity contribution is 0.449. The number of nitrogens with zero attached hydrogens (tertiary/aromatic N) is 1. The molecule has 0 saturated carbocycles. The molecule has 0 fully saturated rings. The average Bonchev–Trinajstić information content (AvgIpc) is 2.67. The van der Waals surface area contributed by atoms with Crippen molar-refractivity contribution in [3.63, 3.8) is 0 Å². The number of aromatic hydroxyl groups is 1. The maximum Gasteiger partial charge on any atom is 0.262 e. The van der Waals surface area contributed by atoms with E-state index in [0.717, 1.165) is 48.2 Å². The molecular weight excluding hydrogens is 310 g/mol. The summed E-state index contributed by atoms with van der Waals surface area (Å²) >= 11 is 0. The molecule has 1 heterocycles. The quantitative estimate of drug-likeness (QED) is 0.788. The van der Waals surface area contributed by atoms with Crippen LogP contribution in [0.2, 0.25) is 0 Å². The number of hydrogen-bond acceptors (Lipinski definition) is 2. The Kier molecular flexibility index (Phi) is 4.14. The van der Waals surface area contributed by atoms with Crippen molar-refractivity contribution in [3.8, 4) is 11.4 Å². The third-order valence-corrected chi connectivity index (χ3v) is 4.98. The van der Waals surface area contributed by atoms with E-state index in [1.54, 1.807) is 0 Å². The van der Waals surface area contributed by atoms with Crippen molar-refractivity contribution in [2.45, 2.75) is 32.1 Å². The van der Waals surface area contributed by atoms with E-state index in [4.69, 9.17) is 0 Å². The Labute approximate surface area is 147 Å². The van der Waals surface area contributed by atoms with E-state index in [1.165, 1.54) is 0 Å². The standard InChI is InChI=1S/C22H21NO2/c24-21-18-13-7-8-14-20(18)23(17-11-5-2-6-12-17)22(25)19(21)15-16-9-3-1-4-10-16/h1-6,9-12,24H,7-8,13-15H2. The second kappa shape index (κ2) is 6.60. The van der Waals surface area contributed by atoms with Crippen molar-refractivity contribution in [1.82, 2.24) is 4.57 Å². The minimum atomic E-state index is -0.104. The lowest BCUT2D eigenvalue weighted by Gasteiger charge is -2.24. The minimum absolute atomic E-state index is 0.104. The summed E-state index contributed by atoms with van der Waals surface area (Å²) in [6.07, 6.45) is 4.22. The van der Waals surface area contributed by atoms with E-state index in [0.29, 0.717) is 12.0 Å². The fraction of sp³-hybridized carbons (Fsp3) is 0.227. The van der Waals surface area contributed by atoms with E-state index in [9.17, 15) is 9.90 Å². The van der Waals surface area contributed by atoms with Gasteiger partial charge < -0.3 is 5.11 Å². The van der Waals surface area contributed by atoms with Crippen LogP contribution < -0.4 is 5.56 Å². The predicted molar refractivity (Wildman–Crippen MR) is 99.6 cm³/mol. The van der Waals surface area contributed by atoms with Gasteiger partial charge in [-0.25, -0.2) is 0 Å². The summed E-state index contributed by atoms with van der Waals surface area (Å²) in [6.45, 7) is 0. The van der Waals surface area contributed by atoms with E-state index >= 15 is 0 Å². The Morgan fingerprint density at radius 2 is 1.52 bits per heavy atom. The number of pyridine rings is 1. The van der Waals surface area contributed by atoms with Crippen LogP contribution in [-0.2, 0) is 19.3 Å². The van der Waals surface area contributed by atoms with Crippen LogP contribution >= 0.6 is 0 Å². The smallest absolute Gasteiger partial charge is 0.262 e. The van der Waals surface area contributed by atoms with Crippen molar-refractivity contribution in [3.05, 3.63) is 93.4 Å². The van der Waals surface area contributed by atoms with Gasteiger partial charge in [0, 0.05) is 23.4 Å². The van der Waals surface area contributed by atoms with Gasteiger partial charge in [0.1, 0.15) is 5.75 Å². The minimum Gasteiger partial charge on any atom is -0.507 e. The Morgan fingerprint density at radius 3 is 2.24 bits per heavy atom. The molecule has 1 aromatic heterocycles. The molecule has 126 valence electrons. The van der Waals surface area contributed by atoms with Gasteiger partial charge in [-0.3, -0.25) is 9.36 Å². The molecule has 1 N–H and O–H groups in total. The van der Waals surface area contributed by atoms with Crippen molar-refractivity contribution in [2.24, 2.45) is 0 Å². The zero-order valence-corrected chi connectivity index (χ0v) is 14.1. The number of para-hydroxylation sites is 1. The van der Waals surface area contributed by atoms with Crippen LogP contribution in [0.5, 0.6) is 5.75 Å². The Hall–Kier alpha value is -2.81. The maximum absolute atomic E-state index is 13.3. The highest BCUT2D eigenvalue weighted by molar-refractivity contribution is 5.49. The first-order chi connectivity index (χ1) is 12.3. The second-order valence-electron chi connectivity index (χ2n) is 6.60. The van der Waals surface area contributed by atoms with E-state index in [2.05, 4.69) is 0 Å². The van der Waals surface area contributed by atoms with Crippen LogP contribution in [0, 0.1) is 0 Å². The highest BCUT2D eigenvalue weighted by Gasteiger charge is 2.24. The van der Waals surface area contributed by atoms with E-state index in [-0.39, 0.29) is 11.3 Å². The number of fused-ring (bicyclic) bond motifs is 1. The third kappa shape index (κ3) is 2.86. The SMILES string of the molecule is O=c1c(Cc2ccccc2)c(O)c2c(n1-c1ccccc1)CCCC2. The van der Waals surface area contributed by atoms with Gasteiger partial charge in [0.25, 0.3) is 5.56 Å². The fourth-order valence-corrected chi connectivity index (χ4v) is 3.74. The summed E-state index contributed by atoms with van der Waals surface area (Å²) in [4.78, 5) is 13.3. The lowest BCUT2D eigenvalue weighted by Crippen LogP contribution is -2.29. The molecular formula is C22H21NO2. The first kappa shape index (κ1) is 15.7. The number of rotatable bonds is 3. The summed E-state index contributed by atoms with van der Waals surface area (Å²) in [7, 11) is 0. The molecule has 3 nitrogen and oxygen atoms in total. The molecule has 3 heteroatoms. The molecule has 0 bridgehead atoms. The van der Waals surface area contributed by atoms with Gasteiger partial charge in [-0.05, 0) is 43.4 Å². The molecule has 0 aliphatic heterocycles. The number of aromatic nitrogens is 1. The summed E-state index contributed by atoms with van der Waals surface area (Å²) < 4.78 is 1.81. The van der Waals surface area contributed by atoms with Gasteiger partial charge >= 0.3 is 0 Å². The monoisotopic (exact) mass is 331 g/mol. The van der Waals surface area contributed by atoms with Crippen LogP contribution in [0.15, 0.2) is 65.5 Å². The molecule has 0 atom stereocenters. The number of benzene rings is 2. The van der Waals surface area contributed by atoms with Crippen LogP contribution in [0.3, 0.4) is 0 Å². The molecule has 0 saturated heterocycles.